The third-order valence-corrected chi connectivity index (χ3v) is 3.66. The van der Waals surface area contributed by atoms with Gasteiger partial charge in [-0.15, -0.1) is 0 Å². The Morgan fingerprint density at radius 3 is 2.00 bits per heavy atom. The Labute approximate surface area is 135 Å². The molecule has 0 aromatic heterocycles. The molecule has 0 heterocycles. The van der Waals surface area contributed by atoms with E-state index in [4.69, 9.17) is 0 Å². The molecule has 0 saturated heterocycles. The minimum absolute atomic E-state index is 0.310. The summed E-state index contributed by atoms with van der Waals surface area (Å²) < 4.78 is 0. The van der Waals surface area contributed by atoms with Crippen molar-refractivity contribution >= 4 is 18.1 Å². The topological polar surface area (TPSA) is 37.3 Å². The lowest BCUT2D eigenvalue weighted by Crippen LogP contribution is -1.98. The van der Waals surface area contributed by atoms with Crippen LogP contribution in [0.5, 0.6) is 0 Å². The number of rotatable bonds is 4. The molecule has 1 N–H and O–H groups in total. The van der Waals surface area contributed by atoms with Crippen LogP contribution in [0.3, 0.4) is 0 Å². The Morgan fingerprint density at radius 1 is 0.696 bits per heavy atom. The van der Waals surface area contributed by atoms with E-state index < -0.39 is 5.97 Å². The molecular weight excluding hydrogens is 284 g/mol. The van der Waals surface area contributed by atoms with Gasteiger partial charge >= 0.3 is 5.97 Å². The number of hydrogen-bond donors (Lipinski definition) is 1. The van der Waals surface area contributed by atoms with Gasteiger partial charge in [-0.3, -0.25) is 0 Å². The molecule has 3 rings (SSSR count). The van der Waals surface area contributed by atoms with Gasteiger partial charge in [0.2, 0.25) is 0 Å². The lowest BCUT2D eigenvalue weighted by atomic mass is 10.0. The Kier molecular flexibility index (Phi) is 4.34. The van der Waals surface area contributed by atoms with E-state index in [2.05, 4.69) is 24.3 Å². The van der Waals surface area contributed by atoms with Gasteiger partial charge in [0.05, 0.1) is 5.56 Å². The van der Waals surface area contributed by atoms with Crippen molar-refractivity contribution in [2.45, 2.75) is 0 Å². The molecule has 0 radical (unpaired) electrons. The Balaban J connectivity index is 1.83. The van der Waals surface area contributed by atoms with Gasteiger partial charge in [-0.2, -0.15) is 0 Å². The average Bonchev–Trinajstić information content (AvgIpc) is 2.61. The zero-order chi connectivity index (χ0) is 16.1. The average molecular weight is 300 g/mol. The highest BCUT2D eigenvalue weighted by atomic mass is 16.4. The predicted molar refractivity (Wildman–Crippen MR) is 94.2 cm³/mol. The van der Waals surface area contributed by atoms with E-state index in [1.807, 2.05) is 48.6 Å². The minimum atomic E-state index is -0.912. The number of carboxylic acids is 1. The summed E-state index contributed by atoms with van der Waals surface area (Å²) in [7, 11) is 0. The first-order valence-corrected chi connectivity index (χ1v) is 7.40. The number of hydrogen-bond acceptors (Lipinski definition) is 1. The highest BCUT2D eigenvalue weighted by molar-refractivity contribution is 5.93. The second-order valence-electron chi connectivity index (χ2n) is 5.21. The Morgan fingerprint density at radius 2 is 1.30 bits per heavy atom. The summed E-state index contributed by atoms with van der Waals surface area (Å²) in [6.07, 6.45) is 3.76. The molecule has 0 fully saturated rings. The van der Waals surface area contributed by atoms with Crippen LogP contribution in [0.4, 0.5) is 0 Å². The molecule has 0 unspecified atom stereocenters. The fourth-order valence-electron chi connectivity index (χ4n) is 2.44. The van der Waals surface area contributed by atoms with E-state index in [9.17, 15) is 9.90 Å². The third kappa shape index (κ3) is 3.55. The van der Waals surface area contributed by atoms with Crippen molar-refractivity contribution in [3.8, 4) is 11.1 Å². The minimum Gasteiger partial charge on any atom is -0.478 e. The summed E-state index contributed by atoms with van der Waals surface area (Å²) in [6.45, 7) is 0. The van der Waals surface area contributed by atoms with Crippen molar-refractivity contribution in [1.29, 1.82) is 0 Å². The zero-order valence-corrected chi connectivity index (χ0v) is 12.5. The second kappa shape index (κ2) is 6.75. The van der Waals surface area contributed by atoms with E-state index in [0.717, 1.165) is 11.1 Å². The van der Waals surface area contributed by atoms with Gasteiger partial charge in [0.25, 0.3) is 0 Å². The normalized spacial score (nSPS) is 10.8. The molecule has 2 heteroatoms. The summed E-state index contributed by atoms with van der Waals surface area (Å²) in [5.74, 6) is -0.912. The van der Waals surface area contributed by atoms with Gasteiger partial charge in [0.1, 0.15) is 0 Å². The fourth-order valence-corrected chi connectivity index (χ4v) is 2.44. The molecule has 112 valence electrons. The zero-order valence-electron chi connectivity index (χ0n) is 12.5. The maximum Gasteiger partial charge on any atom is 0.336 e. The Hall–Kier alpha value is -3.13. The number of aromatic carboxylic acids is 1. The maximum atomic E-state index is 11.2. The molecule has 0 saturated carbocycles. The molecule has 0 aliphatic carbocycles. The van der Waals surface area contributed by atoms with Crippen LogP contribution in [0.1, 0.15) is 21.5 Å². The molecule has 0 spiro atoms. The standard InChI is InChI=1S/C21H16O2/c22-21(23)20-9-5-4-8-19(20)15-12-16-10-13-18(14-11-16)17-6-2-1-3-7-17/h1-15H,(H,22,23)/b15-12+. The summed E-state index contributed by atoms with van der Waals surface area (Å²) in [6, 6.07) is 25.4. The first-order chi connectivity index (χ1) is 11.2. The molecular formula is C21H16O2. The van der Waals surface area contributed by atoms with Crippen LogP contribution in [0.25, 0.3) is 23.3 Å². The van der Waals surface area contributed by atoms with Gasteiger partial charge in [-0.25, -0.2) is 4.79 Å². The van der Waals surface area contributed by atoms with E-state index in [1.165, 1.54) is 5.56 Å². The van der Waals surface area contributed by atoms with Crippen LogP contribution >= 0.6 is 0 Å². The molecule has 0 bridgehead atoms. The van der Waals surface area contributed by atoms with Crippen molar-refractivity contribution in [3.05, 3.63) is 95.6 Å². The molecule has 0 aliphatic heterocycles. The summed E-state index contributed by atoms with van der Waals surface area (Å²) in [4.78, 5) is 11.2. The molecule has 2 nitrogen and oxygen atoms in total. The van der Waals surface area contributed by atoms with E-state index in [0.29, 0.717) is 11.1 Å². The van der Waals surface area contributed by atoms with Gasteiger partial charge in [0.15, 0.2) is 0 Å². The van der Waals surface area contributed by atoms with Crippen LogP contribution in [0.2, 0.25) is 0 Å². The molecule has 0 amide bonds. The van der Waals surface area contributed by atoms with Crippen LogP contribution in [-0.4, -0.2) is 11.1 Å². The summed E-state index contributed by atoms with van der Waals surface area (Å²) >= 11 is 0. The van der Waals surface area contributed by atoms with Crippen molar-refractivity contribution in [1.82, 2.24) is 0 Å². The third-order valence-electron chi connectivity index (χ3n) is 3.66. The SMILES string of the molecule is O=C(O)c1ccccc1/C=C/c1ccc(-c2ccccc2)cc1. The van der Waals surface area contributed by atoms with Crippen molar-refractivity contribution < 1.29 is 9.90 Å². The fraction of sp³-hybridized carbons (Fsp3) is 0. The highest BCUT2D eigenvalue weighted by Crippen LogP contribution is 2.20. The summed E-state index contributed by atoms with van der Waals surface area (Å²) in [5.41, 5.74) is 4.38. The van der Waals surface area contributed by atoms with Crippen molar-refractivity contribution in [2.75, 3.05) is 0 Å². The highest BCUT2D eigenvalue weighted by Gasteiger charge is 2.05. The van der Waals surface area contributed by atoms with Crippen LogP contribution in [0.15, 0.2) is 78.9 Å². The van der Waals surface area contributed by atoms with Gasteiger partial charge in [-0.05, 0) is 28.3 Å². The molecule has 0 atom stereocenters. The van der Waals surface area contributed by atoms with E-state index in [1.54, 1.807) is 18.2 Å². The summed E-state index contributed by atoms with van der Waals surface area (Å²) in [5, 5.41) is 9.19. The van der Waals surface area contributed by atoms with E-state index >= 15 is 0 Å². The number of benzene rings is 3. The first kappa shape index (κ1) is 14.8. The van der Waals surface area contributed by atoms with Crippen molar-refractivity contribution in [2.24, 2.45) is 0 Å². The smallest absolute Gasteiger partial charge is 0.336 e. The van der Waals surface area contributed by atoms with Gasteiger partial charge in [-0.1, -0.05) is 84.9 Å². The molecule has 23 heavy (non-hydrogen) atoms. The van der Waals surface area contributed by atoms with Gasteiger partial charge < -0.3 is 5.11 Å². The van der Waals surface area contributed by atoms with Crippen LogP contribution in [-0.2, 0) is 0 Å². The lowest BCUT2D eigenvalue weighted by Gasteiger charge is -2.03. The monoisotopic (exact) mass is 300 g/mol. The number of carbonyl (C=O) groups is 1. The first-order valence-electron chi connectivity index (χ1n) is 7.40. The van der Waals surface area contributed by atoms with Crippen molar-refractivity contribution in [3.63, 3.8) is 0 Å². The molecule has 3 aromatic rings. The quantitative estimate of drug-likeness (QED) is 0.670. The predicted octanol–water partition coefficient (Wildman–Crippen LogP) is 5.22. The molecule has 0 aliphatic rings. The van der Waals surface area contributed by atoms with Crippen LogP contribution < -0.4 is 0 Å². The van der Waals surface area contributed by atoms with E-state index in [-0.39, 0.29) is 0 Å². The van der Waals surface area contributed by atoms with Gasteiger partial charge in [0, 0.05) is 0 Å². The number of carboxylic acid groups (broad SMARTS) is 1. The second-order valence-corrected chi connectivity index (χ2v) is 5.21. The maximum absolute atomic E-state index is 11.2. The molecule has 3 aromatic carbocycles. The Bertz CT molecular complexity index is 831. The largest absolute Gasteiger partial charge is 0.478 e. The van der Waals surface area contributed by atoms with Crippen LogP contribution in [0, 0.1) is 0 Å². The lowest BCUT2D eigenvalue weighted by molar-refractivity contribution is 0.0696.